The van der Waals surface area contributed by atoms with Crippen molar-refractivity contribution in [3.8, 4) is 0 Å². The molecule has 2 unspecified atom stereocenters. The first-order valence-corrected chi connectivity index (χ1v) is 6.85. The summed E-state index contributed by atoms with van der Waals surface area (Å²) in [5, 5.41) is 8.27. The first-order valence-electron chi connectivity index (χ1n) is 6.85. The summed E-state index contributed by atoms with van der Waals surface area (Å²) in [6.07, 6.45) is 0.961. The Balaban J connectivity index is 2.54. The number of anilines is 1. The van der Waals surface area contributed by atoms with E-state index in [1.807, 2.05) is 24.3 Å². The second-order valence-electron chi connectivity index (χ2n) is 4.78. The molecule has 0 spiro atoms. The van der Waals surface area contributed by atoms with Crippen molar-refractivity contribution in [3.05, 3.63) is 29.8 Å². The summed E-state index contributed by atoms with van der Waals surface area (Å²) in [5.74, 6) is -0.428. The van der Waals surface area contributed by atoms with Gasteiger partial charge < -0.3 is 16.0 Å². The fourth-order valence-corrected chi connectivity index (χ4v) is 1.61. The van der Waals surface area contributed by atoms with Gasteiger partial charge >= 0.3 is 0 Å². The van der Waals surface area contributed by atoms with E-state index >= 15 is 0 Å². The molecule has 5 nitrogen and oxygen atoms in total. The average Bonchev–Trinajstić information content (AvgIpc) is 2.46. The van der Waals surface area contributed by atoms with Crippen molar-refractivity contribution in [1.82, 2.24) is 10.6 Å². The Kier molecular flexibility index (Phi) is 6.18. The first kappa shape index (κ1) is 16.2. The zero-order valence-corrected chi connectivity index (χ0v) is 12.5. The van der Waals surface area contributed by atoms with Crippen LogP contribution in [-0.2, 0) is 16.0 Å². The van der Waals surface area contributed by atoms with Crippen LogP contribution in [0.2, 0.25) is 0 Å². The molecule has 0 aliphatic heterocycles. The van der Waals surface area contributed by atoms with Crippen LogP contribution in [0.25, 0.3) is 0 Å². The van der Waals surface area contributed by atoms with E-state index in [0.717, 1.165) is 12.1 Å². The second-order valence-corrected chi connectivity index (χ2v) is 4.78. The predicted molar refractivity (Wildman–Crippen MR) is 80.6 cm³/mol. The molecule has 5 heteroatoms. The Bertz CT molecular complexity index is 457. The van der Waals surface area contributed by atoms with Gasteiger partial charge in [0, 0.05) is 5.69 Å². The maximum atomic E-state index is 12.0. The van der Waals surface area contributed by atoms with Gasteiger partial charge in [0.15, 0.2) is 0 Å². The zero-order valence-electron chi connectivity index (χ0n) is 12.5. The van der Waals surface area contributed by atoms with Gasteiger partial charge in [-0.1, -0.05) is 19.1 Å². The molecule has 1 rings (SSSR count). The lowest BCUT2D eigenvalue weighted by atomic mass is 10.1. The van der Waals surface area contributed by atoms with Gasteiger partial charge in [0.1, 0.15) is 6.04 Å². The third-order valence-corrected chi connectivity index (χ3v) is 3.21. The van der Waals surface area contributed by atoms with Crippen molar-refractivity contribution in [2.24, 2.45) is 0 Å². The third kappa shape index (κ3) is 4.66. The number of nitrogens with one attached hydrogen (secondary N) is 3. The molecule has 0 aromatic heterocycles. The number of rotatable bonds is 6. The van der Waals surface area contributed by atoms with Crippen LogP contribution >= 0.6 is 0 Å². The summed E-state index contributed by atoms with van der Waals surface area (Å²) in [6, 6.07) is 6.77. The van der Waals surface area contributed by atoms with Crippen LogP contribution in [0, 0.1) is 0 Å². The summed E-state index contributed by atoms with van der Waals surface area (Å²) in [4.78, 5) is 23.6. The van der Waals surface area contributed by atoms with E-state index in [9.17, 15) is 9.59 Å². The highest BCUT2D eigenvalue weighted by Crippen LogP contribution is 2.10. The van der Waals surface area contributed by atoms with E-state index in [-0.39, 0.29) is 17.9 Å². The minimum atomic E-state index is -0.579. The molecule has 3 N–H and O–H groups in total. The van der Waals surface area contributed by atoms with Gasteiger partial charge in [-0.2, -0.15) is 0 Å². The number of hydrogen-bond donors (Lipinski definition) is 3. The molecule has 0 aliphatic carbocycles. The highest BCUT2D eigenvalue weighted by atomic mass is 16.2. The van der Waals surface area contributed by atoms with E-state index in [1.54, 1.807) is 20.9 Å². The van der Waals surface area contributed by atoms with E-state index in [4.69, 9.17) is 0 Å². The number of benzene rings is 1. The van der Waals surface area contributed by atoms with E-state index in [1.165, 1.54) is 5.56 Å². The van der Waals surface area contributed by atoms with Crippen LogP contribution in [0.4, 0.5) is 5.69 Å². The largest absolute Gasteiger partial charge is 0.343 e. The van der Waals surface area contributed by atoms with E-state index < -0.39 is 6.04 Å². The first-order chi connectivity index (χ1) is 9.47. The maximum absolute atomic E-state index is 12.0. The SMILES string of the molecule is CCc1ccc(NC(=O)C(C)NC(=O)C(C)NC)cc1. The molecular formula is C15H23N3O2. The molecule has 2 amide bonds. The van der Waals surface area contributed by atoms with Crippen molar-refractivity contribution in [2.45, 2.75) is 39.3 Å². The normalized spacial score (nSPS) is 13.4. The number of amides is 2. The molecule has 20 heavy (non-hydrogen) atoms. The zero-order chi connectivity index (χ0) is 15.1. The third-order valence-electron chi connectivity index (χ3n) is 3.21. The Morgan fingerprint density at radius 1 is 1.05 bits per heavy atom. The smallest absolute Gasteiger partial charge is 0.246 e. The number of likely N-dealkylation sites (N-methyl/N-ethyl adjacent to an activating group) is 1. The summed E-state index contributed by atoms with van der Waals surface area (Å²) in [5.41, 5.74) is 1.95. The molecule has 0 fully saturated rings. The molecule has 2 atom stereocenters. The Hall–Kier alpha value is -1.88. The standard InChI is InChI=1S/C15H23N3O2/c1-5-12-6-8-13(9-7-12)18-15(20)11(3)17-14(19)10(2)16-4/h6-11,16H,5H2,1-4H3,(H,17,19)(H,18,20). The van der Waals surface area contributed by atoms with Crippen molar-refractivity contribution in [3.63, 3.8) is 0 Å². The Morgan fingerprint density at radius 3 is 2.15 bits per heavy atom. The lowest BCUT2D eigenvalue weighted by Gasteiger charge is -2.17. The summed E-state index contributed by atoms with van der Waals surface area (Å²) in [6.45, 7) is 5.48. The molecule has 0 radical (unpaired) electrons. The van der Waals surface area contributed by atoms with Gasteiger partial charge in [-0.25, -0.2) is 0 Å². The van der Waals surface area contributed by atoms with Crippen molar-refractivity contribution in [2.75, 3.05) is 12.4 Å². The number of carbonyl (C=O) groups is 2. The van der Waals surface area contributed by atoms with Crippen molar-refractivity contribution < 1.29 is 9.59 Å². The molecule has 0 saturated carbocycles. The fraction of sp³-hybridized carbons (Fsp3) is 0.467. The van der Waals surface area contributed by atoms with Crippen LogP contribution in [0.15, 0.2) is 24.3 Å². The summed E-state index contributed by atoms with van der Waals surface area (Å²) < 4.78 is 0. The highest BCUT2D eigenvalue weighted by molar-refractivity contribution is 5.97. The van der Waals surface area contributed by atoms with Gasteiger partial charge in [-0.05, 0) is 45.0 Å². The van der Waals surface area contributed by atoms with Crippen LogP contribution in [-0.4, -0.2) is 30.9 Å². The second kappa shape index (κ2) is 7.65. The van der Waals surface area contributed by atoms with Crippen molar-refractivity contribution in [1.29, 1.82) is 0 Å². The van der Waals surface area contributed by atoms with Crippen LogP contribution in [0.3, 0.4) is 0 Å². The molecule has 0 saturated heterocycles. The predicted octanol–water partition coefficient (Wildman–Crippen LogP) is 1.30. The summed E-state index contributed by atoms with van der Waals surface area (Å²) >= 11 is 0. The average molecular weight is 277 g/mol. The molecule has 1 aromatic rings. The van der Waals surface area contributed by atoms with Crippen molar-refractivity contribution >= 4 is 17.5 Å². The minimum Gasteiger partial charge on any atom is -0.343 e. The van der Waals surface area contributed by atoms with Crippen LogP contribution < -0.4 is 16.0 Å². The maximum Gasteiger partial charge on any atom is 0.246 e. The van der Waals surface area contributed by atoms with Gasteiger partial charge in [-0.15, -0.1) is 0 Å². The van der Waals surface area contributed by atoms with Crippen LogP contribution in [0.1, 0.15) is 26.3 Å². The lowest BCUT2D eigenvalue weighted by Crippen LogP contribution is -2.48. The van der Waals surface area contributed by atoms with E-state index in [0.29, 0.717) is 0 Å². The molecule has 0 bridgehead atoms. The highest BCUT2D eigenvalue weighted by Gasteiger charge is 2.18. The fourth-order valence-electron chi connectivity index (χ4n) is 1.61. The molecular weight excluding hydrogens is 254 g/mol. The number of aryl methyl sites for hydroxylation is 1. The topological polar surface area (TPSA) is 70.2 Å². The molecule has 110 valence electrons. The number of carbonyl (C=O) groups excluding carboxylic acids is 2. The Labute approximate surface area is 120 Å². The lowest BCUT2D eigenvalue weighted by molar-refractivity contribution is -0.127. The Morgan fingerprint density at radius 2 is 1.65 bits per heavy atom. The van der Waals surface area contributed by atoms with Crippen LogP contribution in [0.5, 0.6) is 0 Å². The monoisotopic (exact) mass is 277 g/mol. The van der Waals surface area contributed by atoms with Gasteiger partial charge in [0.05, 0.1) is 6.04 Å². The van der Waals surface area contributed by atoms with E-state index in [2.05, 4.69) is 22.9 Å². The molecule has 1 aromatic carbocycles. The van der Waals surface area contributed by atoms with Gasteiger partial charge in [0.2, 0.25) is 11.8 Å². The minimum absolute atomic E-state index is 0.198. The molecule has 0 aliphatic rings. The number of hydrogen-bond acceptors (Lipinski definition) is 3. The quantitative estimate of drug-likeness (QED) is 0.734. The van der Waals surface area contributed by atoms with Gasteiger partial charge in [0.25, 0.3) is 0 Å². The van der Waals surface area contributed by atoms with Gasteiger partial charge in [-0.3, -0.25) is 9.59 Å². The molecule has 0 heterocycles. The summed E-state index contributed by atoms with van der Waals surface area (Å²) in [7, 11) is 1.70.